The number of aliphatic hydroxyl groups excluding tert-OH is 1. The Balaban J connectivity index is 1.59. The van der Waals surface area contributed by atoms with Crippen LogP contribution in [0.2, 0.25) is 0 Å². The average molecular weight is 338 g/mol. The van der Waals surface area contributed by atoms with Gasteiger partial charge in [-0.25, -0.2) is 4.79 Å². The number of aliphatic hydroxyl groups is 1. The van der Waals surface area contributed by atoms with Crippen molar-refractivity contribution in [3.05, 3.63) is 29.8 Å². The zero-order valence-corrected chi connectivity index (χ0v) is 13.3. The summed E-state index contributed by atoms with van der Waals surface area (Å²) in [6.45, 7) is 0.686. The lowest BCUT2D eigenvalue weighted by Gasteiger charge is -2.19. The molecule has 1 aromatic rings. The Hall–Kier alpha value is -1.74. The monoisotopic (exact) mass is 338 g/mol. The minimum Gasteiger partial charge on any atom is -0.465 e. The van der Waals surface area contributed by atoms with Gasteiger partial charge >= 0.3 is 5.97 Å². The van der Waals surface area contributed by atoms with E-state index in [0.29, 0.717) is 23.0 Å². The standard InChI is InChI=1S/C15H18N2O5S/c1-20-14(19)8-3-2-4-9(5-8)16-15(23)17-10-6-21-13-11(18)7-22-12(10)13/h2-5,10-13,18H,6-7H2,1H3,(H2,16,17,23)/t10-,11-,12-,13+/m1/s1. The Morgan fingerprint density at radius 2 is 2.13 bits per heavy atom. The number of rotatable bonds is 3. The van der Waals surface area contributed by atoms with E-state index < -0.39 is 12.1 Å². The SMILES string of the molecule is COC(=O)c1cccc(NC(=S)N[C@@H]2CO[C@@H]3[C@@H]2OC[C@H]3O)c1. The number of thiocarbonyl (C=S) groups is 1. The summed E-state index contributed by atoms with van der Waals surface area (Å²) in [7, 11) is 1.33. The molecule has 0 bridgehead atoms. The van der Waals surface area contributed by atoms with Gasteiger partial charge in [0.15, 0.2) is 5.11 Å². The highest BCUT2D eigenvalue weighted by atomic mass is 32.1. The topological polar surface area (TPSA) is 89.1 Å². The van der Waals surface area contributed by atoms with E-state index in [1.807, 2.05) is 0 Å². The predicted molar refractivity (Wildman–Crippen MR) is 86.4 cm³/mol. The van der Waals surface area contributed by atoms with E-state index in [1.54, 1.807) is 24.3 Å². The van der Waals surface area contributed by atoms with Crippen LogP contribution in [0.25, 0.3) is 0 Å². The molecule has 0 aliphatic carbocycles. The fourth-order valence-corrected chi connectivity index (χ4v) is 3.05. The van der Waals surface area contributed by atoms with Gasteiger partial charge in [-0.2, -0.15) is 0 Å². The third kappa shape index (κ3) is 3.45. The molecule has 7 nitrogen and oxygen atoms in total. The van der Waals surface area contributed by atoms with Crippen LogP contribution in [0.15, 0.2) is 24.3 Å². The number of nitrogens with one attached hydrogen (secondary N) is 2. The number of benzene rings is 1. The molecule has 0 radical (unpaired) electrons. The van der Waals surface area contributed by atoms with Gasteiger partial charge in [0.1, 0.15) is 18.3 Å². The second-order valence-corrected chi connectivity index (χ2v) is 5.85. The molecule has 8 heteroatoms. The molecule has 0 unspecified atom stereocenters. The van der Waals surface area contributed by atoms with Crippen molar-refractivity contribution in [2.75, 3.05) is 25.6 Å². The van der Waals surface area contributed by atoms with Gasteiger partial charge < -0.3 is 30.0 Å². The Morgan fingerprint density at radius 1 is 1.35 bits per heavy atom. The molecule has 2 saturated heterocycles. The van der Waals surface area contributed by atoms with Crippen LogP contribution in [0.5, 0.6) is 0 Å². The minimum atomic E-state index is -0.593. The van der Waals surface area contributed by atoms with Crippen molar-refractivity contribution < 1.29 is 24.1 Å². The van der Waals surface area contributed by atoms with E-state index in [1.165, 1.54) is 7.11 Å². The van der Waals surface area contributed by atoms with Crippen LogP contribution in [0, 0.1) is 0 Å². The number of fused-ring (bicyclic) bond motifs is 1. The largest absolute Gasteiger partial charge is 0.465 e. The van der Waals surface area contributed by atoms with Gasteiger partial charge in [-0.05, 0) is 30.4 Å². The van der Waals surface area contributed by atoms with Crippen LogP contribution in [0.3, 0.4) is 0 Å². The van der Waals surface area contributed by atoms with E-state index >= 15 is 0 Å². The van der Waals surface area contributed by atoms with Crippen LogP contribution >= 0.6 is 12.2 Å². The number of ether oxygens (including phenoxy) is 3. The third-order valence-corrected chi connectivity index (χ3v) is 4.11. The highest BCUT2D eigenvalue weighted by Crippen LogP contribution is 2.27. The fraction of sp³-hybridized carbons (Fsp3) is 0.467. The number of carbonyl (C=O) groups is 1. The number of hydrogen-bond acceptors (Lipinski definition) is 6. The first-order chi connectivity index (χ1) is 11.1. The van der Waals surface area contributed by atoms with Crippen LogP contribution in [-0.4, -0.2) is 60.9 Å². The van der Waals surface area contributed by atoms with Gasteiger partial charge in [0.05, 0.1) is 31.9 Å². The molecule has 2 aliphatic rings. The number of esters is 1. The number of hydrogen-bond donors (Lipinski definition) is 3. The highest BCUT2D eigenvalue weighted by Gasteiger charge is 2.47. The minimum absolute atomic E-state index is 0.124. The van der Waals surface area contributed by atoms with Crippen molar-refractivity contribution >= 4 is 29.0 Å². The van der Waals surface area contributed by atoms with Crippen LogP contribution in [-0.2, 0) is 14.2 Å². The first kappa shape index (κ1) is 16.1. The first-order valence-electron chi connectivity index (χ1n) is 7.25. The zero-order chi connectivity index (χ0) is 16.4. The summed E-state index contributed by atoms with van der Waals surface area (Å²) in [6.07, 6.45) is -1.12. The summed E-state index contributed by atoms with van der Waals surface area (Å²) in [6, 6.07) is 6.73. The molecule has 4 atom stereocenters. The highest BCUT2D eigenvalue weighted by molar-refractivity contribution is 7.80. The van der Waals surface area contributed by atoms with Crippen LogP contribution < -0.4 is 10.6 Å². The van der Waals surface area contributed by atoms with E-state index in [0.717, 1.165) is 0 Å². The summed E-state index contributed by atoms with van der Waals surface area (Å²) < 4.78 is 15.8. The second kappa shape index (κ2) is 6.79. The lowest BCUT2D eigenvalue weighted by Crippen LogP contribution is -2.45. The average Bonchev–Trinajstić information content (AvgIpc) is 3.11. The molecule has 0 aromatic heterocycles. The molecule has 23 heavy (non-hydrogen) atoms. The third-order valence-electron chi connectivity index (χ3n) is 3.89. The molecular formula is C15H18N2O5S. The van der Waals surface area contributed by atoms with Gasteiger partial charge in [-0.3, -0.25) is 0 Å². The first-order valence-corrected chi connectivity index (χ1v) is 7.66. The Bertz CT molecular complexity index is 611. The second-order valence-electron chi connectivity index (χ2n) is 5.44. The Labute approximate surface area is 138 Å². The van der Waals surface area contributed by atoms with Crippen molar-refractivity contribution in [1.29, 1.82) is 0 Å². The van der Waals surface area contributed by atoms with E-state index in [2.05, 4.69) is 15.4 Å². The maximum Gasteiger partial charge on any atom is 0.337 e. The predicted octanol–water partition coefficient (Wildman–Crippen LogP) is 0.287. The molecule has 0 amide bonds. The van der Waals surface area contributed by atoms with Crippen molar-refractivity contribution in [2.24, 2.45) is 0 Å². The van der Waals surface area contributed by atoms with Crippen molar-refractivity contribution in [2.45, 2.75) is 24.4 Å². The molecule has 1 aromatic carbocycles. The summed E-state index contributed by atoms with van der Waals surface area (Å²) in [5.74, 6) is -0.409. The van der Waals surface area contributed by atoms with Crippen LogP contribution in [0.1, 0.15) is 10.4 Å². The van der Waals surface area contributed by atoms with Gasteiger partial charge in [0.2, 0.25) is 0 Å². The van der Waals surface area contributed by atoms with Crippen LogP contribution in [0.4, 0.5) is 5.69 Å². The van der Waals surface area contributed by atoms with Gasteiger partial charge in [-0.1, -0.05) is 6.07 Å². The molecule has 2 fully saturated rings. The van der Waals surface area contributed by atoms with E-state index in [9.17, 15) is 9.90 Å². The van der Waals surface area contributed by atoms with Crippen molar-refractivity contribution in [3.63, 3.8) is 0 Å². The van der Waals surface area contributed by atoms with Gasteiger partial charge in [0, 0.05) is 5.69 Å². The lowest BCUT2D eigenvalue weighted by molar-refractivity contribution is 0.0180. The number of carbonyl (C=O) groups excluding carboxylic acids is 1. The zero-order valence-electron chi connectivity index (χ0n) is 12.5. The normalized spacial score (nSPS) is 29.0. The van der Waals surface area contributed by atoms with E-state index in [-0.39, 0.29) is 24.9 Å². The quantitative estimate of drug-likeness (QED) is 0.535. The smallest absolute Gasteiger partial charge is 0.337 e. The maximum absolute atomic E-state index is 11.5. The molecule has 0 spiro atoms. The molecule has 3 rings (SSSR count). The molecule has 3 N–H and O–H groups in total. The van der Waals surface area contributed by atoms with E-state index in [4.69, 9.17) is 21.7 Å². The summed E-state index contributed by atoms with van der Waals surface area (Å²) in [5, 5.41) is 16.3. The maximum atomic E-state index is 11.5. The molecular weight excluding hydrogens is 320 g/mol. The van der Waals surface area contributed by atoms with Crippen molar-refractivity contribution in [3.8, 4) is 0 Å². The number of methoxy groups -OCH3 is 1. The van der Waals surface area contributed by atoms with Crippen molar-refractivity contribution in [1.82, 2.24) is 5.32 Å². The summed E-state index contributed by atoms with van der Waals surface area (Å²) in [5.41, 5.74) is 1.11. The summed E-state index contributed by atoms with van der Waals surface area (Å²) >= 11 is 5.29. The Kier molecular flexibility index (Phi) is 4.76. The Morgan fingerprint density at radius 3 is 2.91 bits per heavy atom. The summed E-state index contributed by atoms with van der Waals surface area (Å²) in [4.78, 5) is 11.5. The van der Waals surface area contributed by atoms with Gasteiger partial charge in [0.25, 0.3) is 0 Å². The van der Waals surface area contributed by atoms with Gasteiger partial charge in [-0.15, -0.1) is 0 Å². The molecule has 2 aliphatic heterocycles. The lowest BCUT2D eigenvalue weighted by atomic mass is 10.1. The molecule has 124 valence electrons. The number of anilines is 1. The fourth-order valence-electron chi connectivity index (χ4n) is 2.78. The molecule has 0 saturated carbocycles. The molecule has 2 heterocycles.